The summed E-state index contributed by atoms with van der Waals surface area (Å²) in [5.41, 5.74) is 7.25. The highest BCUT2D eigenvalue weighted by molar-refractivity contribution is 5.81. The van der Waals surface area contributed by atoms with Gasteiger partial charge in [0, 0.05) is 6.07 Å². The van der Waals surface area contributed by atoms with Crippen molar-refractivity contribution in [2.45, 2.75) is 20.4 Å². The van der Waals surface area contributed by atoms with Gasteiger partial charge in [-0.05, 0) is 25.5 Å². The monoisotopic (exact) mass is 251 g/mol. The van der Waals surface area contributed by atoms with Crippen molar-refractivity contribution in [1.29, 1.82) is 0 Å². The van der Waals surface area contributed by atoms with Crippen molar-refractivity contribution >= 4 is 23.0 Å². The maximum Gasteiger partial charge on any atom is 0.326 e. The predicted octanol–water partition coefficient (Wildman–Crippen LogP) is 1.63. The molecule has 0 unspecified atom stereocenters. The first kappa shape index (κ1) is 12.3. The zero-order valence-electron chi connectivity index (χ0n) is 10.2. The maximum absolute atomic E-state index is 13.4. The number of carbonyl (C=O) groups excluding carboxylic acids is 1. The highest BCUT2D eigenvalue weighted by Crippen LogP contribution is 2.21. The number of fused-ring (bicyclic) bond motifs is 1. The van der Waals surface area contributed by atoms with Gasteiger partial charge in [-0.15, -0.1) is 0 Å². The Kier molecular flexibility index (Phi) is 3.18. The van der Waals surface area contributed by atoms with Gasteiger partial charge in [-0.1, -0.05) is 0 Å². The molecule has 5 nitrogen and oxygen atoms in total. The van der Waals surface area contributed by atoms with E-state index in [4.69, 9.17) is 10.5 Å². The summed E-state index contributed by atoms with van der Waals surface area (Å²) < 4.78 is 19.8. The molecule has 96 valence electrons. The van der Waals surface area contributed by atoms with Crippen molar-refractivity contribution in [3.63, 3.8) is 0 Å². The van der Waals surface area contributed by atoms with Gasteiger partial charge in [-0.3, -0.25) is 9.36 Å². The number of nitrogens with zero attached hydrogens (tertiary/aromatic N) is 2. The second-order valence-electron chi connectivity index (χ2n) is 3.95. The molecule has 2 aromatic rings. The van der Waals surface area contributed by atoms with Gasteiger partial charge in [0.1, 0.15) is 12.4 Å². The Morgan fingerprint density at radius 1 is 1.56 bits per heavy atom. The van der Waals surface area contributed by atoms with Gasteiger partial charge in [0.25, 0.3) is 0 Å². The number of nitrogens with two attached hydrogens (primary N) is 1. The zero-order valence-corrected chi connectivity index (χ0v) is 10.2. The van der Waals surface area contributed by atoms with E-state index >= 15 is 0 Å². The van der Waals surface area contributed by atoms with E-state index in [1.165, 1.54) is 10.6 Å². The Bertz CT molecular complexity index is 607. The first-order chi connectivity index (χ1) is 8.52. The molecule has 0 atom stereocenters. The molecule has 2 N–H and O–H groups in total. The van der Waals surface area contributed by atoms with Crippen LogP contribution in [0.15, 0.2) is 12.1 Å². The summed E-state index contributed by atoms with van der Waals surface area (Å²) in [7, 11) is 0. The van der Waals surface area contributed by atoms with Crippen LogP contribution >= 0.6 is 0 Å². The van der Waals surface area contributed by atoms with E-state index in [1.807, 2.05) is 0 Å². The summed E-state index contributed by atoms with van der Waals surface area (Å²) in [6.07, 6.45) is 0. The molecule has 1 heterocycles. The average Bonchev–Trinajstić information content (AvgIpc) is 2.57. The molecular weight excluding hydrogens is 237 g/mol. The molecule has 0 aliphatic heterocycles. The third-order valence-electron chi connectivity index (χ3n) is 2.65. The number of imidazole rings is 1. The summed E-state index contributed by atoms with van der Waals surface area (Å²) in [5, 5.41) is 0. The molecule has 0 bridgehead atoms. The van der Waals surface area contributed by atoms with Crippen LogP contribution in [0.5, 0.6) is 0 Å². The second-order valence-corrected chi connectivity index (χ2v) is 3.95. The van der Waals surface area contributed by atoms with E-state index in [-0.39, 0.29) is 18.3 Å². The molecule has 0 saturated carbocycles. The van der Waals surface area contributed by atoms with Crippen molar-refractivity contribution in [2.75, 3.05) is 12.3 Å². The van der Waals surface area contributed by atoms with E-state index in [1.54, 1.807) is 19.9 Å². The molecule has 18 heavy (non-hydrogen) atoms. The fourth-order valence-electron chi connectivity index (χ4n) is 1.77. The lowest BCUT2D eigenvalue weighted by molar-refractivity contribution is -0.143. The largest absolute Gasteiger partial charge is 0.465 e. The van der Waals surface area contributed by atoms with Gasteiger partial charge < -0.3 is 10.5 Å². The number of esters is 1. The van der Waals surface area contributed by atoms with Crippen LogP contribution in [0.25, 0.3) is 11.0 Å². The van der Waals surface area contributed by atoms with Crippen molar-refractivity contribution < 1.29 is 13.9 Å². The average molecular weight is 251 g/mol. The Morgan fingerprint density at radius 3 is 2.94 bits per heavy atom. The molecular formula is C12H14FN3O2. The number of ether oxygens (including phenoxy) is 1. The first-order valence-corrected chi connectivity index (χ1v) is 5.60. The third-order valence-corrected chi connectivity index (χ3v) is 2.65. The number of carbonyl (C=O) groups is 1. The van der Waals surface area contributed by atoms with Crippen LogP contribution in [-0.2, 0) is 16.1 Å². The van der Waals surface area contributed by atoms with Crippen molar-refractivity contribution in [3.8, 4) is 0 Å². The molecule has 0 radical (unpaired) electrons. The minimum absolute atomic E-state index is 0.0265. The number of aryl methyl sites for hydroxylation is 1. The molecule has 1 aromatic heterocycles. The van der Waals surface area contributed by atoms with E-state index in [2.05, 4.69) is 4.98 Å². The quantitative estimate of drug-likeness (QED) is 0.842. The van der Waals surface area contributed by atoms with Gasteiger partial charge >= 0.3 is 5.97 Å². The minimum atomic E-state index is -0.398. The van der Waals surface area contributed by atoms with E-state index in [0.29, 0.717) is 23.2 Å². The van der Waals surface area contributed by atoms with Crippen LogP contribution in [-0.4, -0.2) is 22.1 Å². The van der Waals surface area contributed by atoms with E-state index < -0.39 is 5.97 Å². The lowest BCUT2D eigenvalue weighted by Crippen LogP contribution is -2.15. The molecule has 6 heteroatoms. The molecule has 0 saturated heterocycles. The summed E-state index contributed by atoms with van der Waals surface area (Å²) in [4.78, 5) is 15.5. The summed E-state index contributed by atoms with van der Waals surface area (Å²) in [6, 6.07) is 2.93. The minimum Gasteiger partial charge on any atom is -0.465 e. The fourth-order valence-corrected chi connectivity index (χ4v) is 1.77. The van der Waals surface area contributed by atoms with Gasteiger partial charge in [0.15, 0.2) is 0 Å². The van der Waals surface area contributed by atoms with Gasteiger partial charge in [-0.2, -0.15) is 0 Å². The predicted molar refractivity (Wildman–Crippen MR) is 65.5 cm³/mol. The van der Waals surface area contributed by atoms with E-state index in [0.717, 1.165) is 0 Å². The van der Waals surface area contributed by atoms with Crippen molar-refractivity contribution in [1.82, 2.24) is 9.55 Å². The molecule has 0 fully saturated rings. The van der Waals surface area contributed by atoms with E-state index in [9.17, 15) is 9.18 Å². The Labute approximate surface area is 103 Å². The number of benzene rings is 1. The van der Waals surface area contributed by atoms with Crippen LogP contribution in [0, 0.1) is 12.7 Å². The van der Waals surface area contributed by atoms with Crippen LogP contribution in [0.4, 0.5) is 10.3 Å². The molecule has 0 aliphatic carbocycles. The lowest BCUT2D eigenvalue weighted by Gasteiger charge is -2.06. The lowest BCUT2D eigenvalue weighted by atomic mass is 10.2. The van der Waals surface area contributed by atoms with Gasteiger partial charge in [0.05, 0.1) is 17.6 Å². The van der Waals surface area contributed by atoms with Crippen molar-refractivity contribution in [3.05, 3.63) is 23.5 Å². The van der Waals surface area contributed by atoms with Gasteiger partial charge in [-0.25, -0.2) is 9.37 Å². The topological polar surface area (TPSA) is 70.1 Å². The number of nitrogen functional groups attached to an aromatic ring is 1. The Hall–Kier alpha value is -2.11. The van der Waals surface area contributed by atoms with Crippen LogP contribution in [0.3, 0.4) is 0 Å². The summed E-state index contributed by atoms with van der Waals surface area (Å²) in [5.74, 6) is -0.572. The van der Waals surface area contributed by atoms with Crippen LogP contribution in [0.1, 0.15) is 12.5 Å². The maximum atomic E-state index is 13.4. The number of anilines is 1. The molecule has 0 spiro atoms. The number of hydrogen-bond acceptors (Lipinski definition) is 4. The third kappa shape index (κ3) is 2.13. The second kappa shape index (κ2) is 4.64. The molecule has 0 amide bonds. The Balaban J connectivity index is 2.46. The van der Waals surface area contributed by atoms with Crippen LogP contribution in [0.2, 0.25) is 0 Å². The highest BCUT2D eigenvalue weighted by Gasteiger charge is 2.14. The summed E-state index contributed by atoms with van der Waals surface area (Å²) >= 11 is 0. The summed E-state index contributed by atoms with van der Waals surface area (Å²) in [6.45, 7) is 3.65. The zero-order chi connectivity index (χ0) is 13.3. The Morgan fingerprint density at radius 2 is 2.28 bits per heavy atom. The number of rotatable bonds is 3. The van der Waals surface area contributed by atoms with Crippen molar-refractivity contribution in [2.24, 2.45) is 0 Å². The highest BCUT2D eigenvalue weighted by atomic mass is 19.1. The number of hydrogen-bond donors (Lipinski definition) is 1. The van der Waals surface area contributed by atoms with Gasteiger partial charge in [0.2, 0.25) is 5.95 Å². The normalized spacial score (nSPS) is 10.8. The smallest absolute Gasteiger partial charge is 0.326 e. The number of aromatic nitrogens is 2. The fraction of sp³-hybridized carbons (Fsp3) is 0.333. The number of halogens is 1. The first-order valence-electron chi connectivity index (χ1n) is 5.60. The molecule has 1 aromatic carbocycles. The van der Waals surface area contributed by atoms with Crippen LogP contribution < -0.4 is 5.73 Å². The standard InChI is InChI=1S/C12H14FN3O2/c1-3-18-11(17)6-16-10-4-7(2)8(13)5-9(10)15-12(16)14/h4-5H,3,6H2,1-2H3,(H2,14,15). The molecule has 2 rings (SSSR count). The SMILES string of the molecule is CCOC(=O)Cn1c(N)nc2cc(F)c(C)cc21. The molecule has 0 aliphatic rings.